The van der Waals surface area contributed by atoms with Gasteiger partial charge in [0.05, 0.1) is 0 Å². The maximum atomic E-state index is 11.9. The van der Waals surface area contributed by atoms with E-state index in [4.69, 9.17) is 0 Å². The fourth-order valence-electron chi connectivity index (χ4n) is 0.736. The van der Waals surface area contributed by atoms with Crippen molar-refractivity contribution in [3.05, 3.63) is 10.9 Å². The summed E-state index contributed by atoms with van der Waals surface area (Å²) in [4.78, 5) is 0.368. The third-order valence-corrected chi connectivity index (χ3v) is 3.72. The number of hydrogen-bond acceptors (Lipinski definition) is 4. The van der Waals surface area contributed by atoms with Gasteiger partial charge in [-0.15, -0.1) is 11.3 Å². The Kier molecular flexibility index (Phi) is 3.33. The Morgan fingerprint density at radius 3 is 2.33 bits per heavy atom. The lowest BCUT2D eigenvalue weighted by atomic mass is 10.5. The summed E-state index contributed by atoms with van der Waals surface area (Å²) in [5, 5.41) is 0. The van der Waals surface area contributed by atoms with E-state index in [1.807, 2.05) is 0 Å². The second-order valence-electron chi connectivity index (χ2n) is 2.55. The second kappa shape index (κ2) is 3.92. The molecule has 0 saturated heterocycles. The molecule has 1 aromatic heterocycles. The molecule has 0 bridgehead atoms. The summed E-state index contributed by atoms with van der Waals surface area (Å²) in [6, 6.07) is 1.22. The first-order valence-electron chi connectivity index (χ1n) is 3.50. The molecular formula is C6H6F3O3PS2. The molecule has 1 heterocycles. The van der Waals surface area contributed by atoms with Crippen LogP contribution in [0.1, 0.15) is 4.88 Å². The Morgan fingerprint density at radius 1 is 1.47 bits per heavy atom. The van der Waals surface area contributed by atoms with Crippen molar-refractivity contribution in [2.45, 2.75) is 12.4 Å². The minimum absolute atomic E-state index is 0.290. The van der Waals surface area contributed by atoms with Crippen molar-refractivity contribution >= 4 is 35.3 Å². The van der Waals surface area contributed by atoms with E-state index in [9.17, 15) is 21.6 Å². The molecule has 0 aliphatic carbocycles. The molecule has 0 aromatic carbocycles. The molecule has 0 N–H and O–H groups in total. The molecule has 0 aliphatic rings. The number of halogens is 3. The zero-order valence-electron chi connectivity index (χ0n) is 7.33. The van der Waals surface area contributed by atoms with E-state index in [2.05, 4.69) is 13.4 Å². The van der Waals surface area contributed by atoms with E-state index < -0.39 is 15.6 Å². The van der Waals surface area contributed by atoms with Crippen molar-refractivity contribution < 1.29 is 25.8 Å². The highest BCUT2D eigenvalue weighted by Gasteiger charge is 2.48. The first-order valence-corrected chi connectivity index (χ1v) is 6.30. The summed E-state index contributed by atoms with van der Waals surface area (Å²) < 4.78 is 61.7. The van der Waals surface area contributed by atoms with E-state index in [-0.39, 0.29) is 5.75 Å². The lowest BCUT2D eigenvalue weighted by Crippen LogP contribution is -2.28. The van der Waals surface area contributed by atoms with E-state index in [0.717, 1.165) is 11.3 Å². The topological polar surface area (TPSA) is 43.4 Å². The third-order valence-electron chi connectivity index (χ3n) is 1.37. The Balaban J connectivity index is 3.02. The molecule has 1 atom stereocenters. The number of aryl methyl sites for hydroxylation is 1. The molecule has 1 rings (SSSR count). The zero-order valence-corrected chi connectivity index (χ0v) is 10.1. The van der Waals surface area contributed by atoms with Crippen LogP contribution in [0.5, 0.6) is 5.75 Å². The van der Waals surface area contributed by atoms with Gasteiger partial charge in [-0.3, -0.25) is 0 Å². The average Bonchev–Trinajstić information content (AvgIpc) is 2.26. The first kappa shape index (κ1) is 12.7. The van der Waals surface area contributed by atoms with Crippen LogP contribution in [0.2, 0.25) is 0 Å². The summed E-state index contributed by atoms with van der Waals surface area (Å²) in [6.07, 6.45) is 0. The van der Waals surface area contributed by atoms with Gasteiger partial charge in [-0.25, -0.2) is 0 Å². The fourth-order valence-corrected chi connectivity index (χ4v) is 2.69. The van der Waals surface area contributed by atoms with Gasteiger partial charge in [0.15, 0.2) is 5.75 Å². The smallest absolute Gasteiger partial charge is 0.375 e. The molecule has 0 fully saturated rings. The van der Waals surface area contributed by atoms with Crippen molar-refractivity contribution in [1.29, 1.82) is 0 Å². The molecule has 1 aromatic rings. The Bertz CT molecular complexity index is 462. The van der Waals surface area contributed by atoms with Crippen LogP contribution < -0.4 is 8.80 Å². The summed E-state index contributed by atoms with van der Waals surface area (Å²) in [5.74, 6) is -0.290. The van der Waals surface area contributed by atoms with Gasteiger partial charge < -0.3 is 4.18 Å². The van der Waals surface area contributed by atoms with Gasteiger partial charge in [0.1, 0.15) is 0 Å². The normalized spacial score (nSPS) is 12.9. The summed E-state index contributed by atoms with van der Waals surface area (Å²) >= 11 is 1.13. The molecular weight excluding hydrogens is 272 g/mol. The van der Waals surface area contributed by atoms with Crippen LogP contribution >= 0.6 is 20.6 Å². The molecule has 1 unspecified atom stereocenters. The second-order valence-corrected chi connectivity index (χ2v) is 6.42. The van der Waals surface area contributed by atoms with Crippen LogP contribution in [0.15, 0.2) is 6.07 Å². The number of rotatable bonds is 2. The lowest BCUT2D eigenvalue weighted by Gasteiger charge is -2.08. The van der Waals surface area contributed by atoms with Crippen molar-refractivity contribution in [3.8, 4) is 5.75 Å². The van der Waals surface area contributed by atoms with Gasteiger partial charge in [-0.2, -0.15) is 21.6 Å². The summed E-state index contributed by atoms with van der Waals surface area (Å²) in [7, 11) is -3.31. The molecule has 9 heteroatoms. The van der Waals surface area contributed by atoms with Crippen LogP contribution in [-0.4, -0.2) is 13.9 Å². The number of hydrogen-bond donors (Lipinski definition) is 0. The number of thiophene rings is 1. The quantitative estimate of drug-likeness (QED) is 0.470. The van der Waals surface area contributed by atoms with Crippen molar-refractivity contribution in [2.24, 2.45) is 0 Å². The zero-order chi connectivity index (χ0) is 11.9. The van der Waals surface area contributed by atoms with E-state index >= 15 is 0 Å². The molecule has 3 nitrogen and oxygen atoms in total. The molecule has 0 saturated carbocycles. The maximum absolute atomic E-state index is 11.9. The molecule has 0 spiro atoms. The van der Waals surface area contributed by atoms with Crippen molar-refractivity contribution in [2.75, 3.05) is 0 Å². The Morgan fingerprint density at radius 2 is 2.00 bits per heavy atom. The Labute approximate surface area is 90.6 Å². The third kappa shape index (κ3) is 2.83. The van der Waals surface area contributed by atoms with Gasteiger partial charge in [-0.1, -0.05) is 9.24 Å². The predicted octanol–water partition coefficient (Wildman–Crippen LogP) is 1.79. The monoisotopic (exact) mass is 278 g/mol. The van der Waals surface area contributed by atoms with Crippen molar-refractivity contribution in [3.63, 3.8) is 0 Å². The molecule has 86 valence electrons. The van der Waals surface area contributed by atoms with E-state index in [1.165, 1.54) is 13.0 Å². The molecule has 0 aliphatic heterocycles. The van der Waals surface area contributed by atoms with Crippen LogP contribution in [0.3, 0.4) is 0 Å². The van der Waals surface area contributed by atoms with Crippen LogP contribution in [0.4, 0.5) is 13.2 Å². The highest BCUT2D eigenvalue weighted by atomic mass is 32.2. The standard InChI is InChI=1S/C6H6F3O3PS2/c1-3-4(2-5(13)14-3)12-15(10,11)6(7,8)9/h2H,13H2,1H3. The summed E-state index contributed by atoms with van der Waals surface area (Å²) in [6.45, 7) is 1.47. The van der Waals surface area contributed by atoms with Gasteiger partial charge in [-0.05, 0) is 6.92 Å². The van der Waals surface area contributed by atoms with Crippen LogP contribution in [0, 0.1) is 6.92 Å². The first-order chi connectivity index (χ1) is 6.63. The Hall–Kier alpha value is -0.330. The van der Waals surface area contributed by atoms with Gasteiger partial charge in [0.2, 0.25) is 0 Å². The molecule has 15 heavy (non-hydrogen) atoms. The highest BCUT2D eigenvalue weighted by molar-refractivity contribution is 7.88. The molecule has 0 amide bonds. The largest absolute Gasteiger partial charge is 0.534 e. The van der Waals surface area contributed by atoms with Crippen LogP contribution in [-0.2, 0) is 10.1 Å². The van der Waals surface area contributed by atoms with Crippen molar-refractivity contribution in [1.82, 2.24) is 0 Å². The average molecular weight is 278 g/mol. The van der Waals surface area contributed by atoms with E-state index in [0.29, 0.717) is 9.50 Å². The highest BCUT2D eigenvalue weighted by Crippen LogP contribution is 2.30. The van der Waals surface area contributed by atoms with Gasteiger partial charge in [0, 0.05) is 15.6 Å². The van der Waals surface area contributed by atoms with Gasteiger partial charge in [0.25, 0.3) is 0 Å². The predicted molar refractivity (Wildman–Crippen MR) is 54.0 cm³/mol. The van der Waals surface area contributed by atoms with Gasteiger partial charge >= 0.3 is 15.6 Å². The lowest BCUT2D eigenvalue weighted by molar-refractivity contribution is -0.0500. The fraction of sp³-hybridized carbons (Fsp3) is 0.333. The molecule has 0 radical (unpaired) electrons. The maximum Gasteiger partial charge on any atom is 0.534 e. The van der Waals surface area contributed by atoms with E-state index in [1.54, 1.807) is 0 Å². The SMILES string of the molecule is Cc1sc(P)cc1OS(=O)(=O)C(F)(F)F. The number of alkyl halides is 3. The van der Waals surface area contributed by atoms with Crippen LogP contribution in [0.25, 0.3) is 0 Å². The minimum Gasteiger partial charge on any atom is -0.375 e. The minimum atomic E-state index is -5.56. The summed E-state index contributed by atoms with van der Waals surface area (Å²) in [5.41, 5.74) is -5.40.